The summed E-state index contributed by atoms with van der Waals surface area (Å²) in [5.74, 6) is 0.117. The van der Waals surface area contributed by atoms with Crippen molar-refractivity contribution in [2.45, 2.75) is 38.8 Å². The molecule has 1 atom stereocenters. The molecule has 0 aliphatic heterocycles. The third-order valence-corrected chi connectivity index (χ3v) is 4.95. The Morgan fingerprint density at radius 3 is 2.75 bits per heavy atom. The second-order valence-corrected chi connectivity index (χ2v) is 6.57. The van der Waals surface area contributed by atoms with Crippen LogP contribution in [0.3, 0.4) is 0 Å². The van der Waals surface area contributed by atoms with E-state index < -0.39 is 0 Å². The van der Waals surface area contributed by atoms with Crippen LogP contribution in [-0.4, -0.2) is 21.6 Å². The van der Waals surface area contributed by atoms with Crippen LogP contribution in [0.25, 0.3) is 0 Å². The Labute approximate surface area is 146 Å². The van der Waals surface area contributed by atoms with Crippen LogP contribution >= 0.6 is 11.8 Å². The van der Waals surface area contributed by atoms with Crippen molar-refractivity contribution in [2.75, 3.05) is 5.75 Å². The number of aryl methyl sites for hydroxylation is 1. The molecule has 0 radical (unpaired) electrons. The number of carbonyl (C=O) groups excluding carboxylic acids is 1. The highest BCUT2D eigenvalue weighted by Gasteiger charge is 2.15. The van der Waals surface area contributed by atoms with Crippen molar-refractivity contribution in [3.63, 3.8) is 0 Å². The van der Waals surface area contributed by atoms with Gasteiger partial charge in [0.2, 0.25) is 5.91 Å². The van der Waals surface area contributed by atoms with Gasteiger partial charge in [0.15, 0.2) is 0 Å². The highest BCUT2D eigenvalue weighted by Crippen LogP contribution is 2.26. The molecule has 0 bridgehead atoms. The second kappa shape index (κ2) is 7.93. The van der Waals surface area contributed by atoms with Crippen LogP contribution in [0.5, 0.6) is 0 Å². The molecule has 0 saturated heterocycles. The van der Waals surface area contributed by atoms with Crippen molar-refractivity contribution in [2.24, 2.45) is 0 Å². The number of amides is 1. The zero-order valence-corrected chi connectivity index (χ0v) is 15.1. The molecule has 0 aliphatic carbocycles. The Morgan fingerprint density at radius 2 is 2.12 bits per heavy atom. The molecule has 1 N–H and O–H groups in total. The van der Waals surface area contributed by atoms with Gasteiger partial charge in [0.1, 0.15) is 11.1 Å². The fourth-order valence-corrected chi connectivity index (χ4v) is 3.18. The van der Waals surface area contributed by atoms with Crippen molar-refractivity contribution >= 4 is 17.7 Å². The Morgan fingerprint density at radius 1 is 1.38 bits per heavy atom. The zero-order chi connectivity index (χ0) is 17.7. The van der Waals surface area contributed by atoms with Crippen LogP contribution in [0.2, 0.25) is 0 Å². The minimum atomic E-state index is -0.114. The molecule has 124 valence electrons. The van der Waals surface area contributed by atoms with Crippen LogP contribution < -0.4 is 5.32 Å². The molecule has 2 heterocycles. The van der Waals surface area contributed by atoms with Gasteiger partial charge in [-0.15, -0.1) is 0 Å². The molecule has 2 aromatic heterocycles. The Kier molecular flexibility index (Phi) is 5.93. The van der Waals surface area contributed by atoms with Crippen molar-refractivity contribution in [3.05, 3.63) is 52.5 Å². The first kappa shape index (κ1) is 18.0. The summed E-state index contributed by atoms with van der Waals surface area (Å²) in [6.45, 7) is 7.70. The fourth-order valence-electron chi connectivity index (χ4n) is 2.28. The molecule has 0 aliphatic rings. The fraction of sp³-hybridized carbons (Fsp3) is 0.333. The lowest BCUT2D eigenvalue weighted by molar-refractivity contribution is -0.119. The minimum Gasteiger partial charge on any atom is -0.349 e. The van der Waals surface area contributed by atoms with Gasteiger partial charge >= 0.3 is 0 Å². The minimum absolute atomic E-state index is 0.0991. The Bertz CT molecular complexity index is 784. The number of nitrogens with zero attached hydrogens (tertiary/aromatic N) is 3. The quantitative estimate of drug-likeness (QED) is 0.845. The first-order chi connectivity index (χ1) is 11.4. The zero-order valence-electron chi connectivity index (χ0n) is 14.3. The van der Waals surface area contributed by atoms with Gasteiger partial charge in [-0.2, -0.15) is 5.26 Å². The van der Waals surface area contributed by atoms with Gasteiger partial charge in [0, 0.05) is 18.1 Å². The average Bonchev–Trinajstić information content (AvgIpc) is 2.58. The van der Waals surface area contributed by atoms with E-state index in [2.05, 4.69) is 21.4 Å². The van der Waals surface area contributed by atoms with Gasteiger partial charge in [-0.05, 0) is 50.5 Å². The smallest absolute Gasteiger partial charge is 0.230 e. The molecule has 6 heteroatoms. The third kappa shape index (κ3) is 4.12. The number of aromatic nitrogens is 2. The van der Waals surface area contributed by atoms with Crippen LogP contribution in [0.4, 0.5) is 0 Å². The Balaban J connectivity index is 2.04. The second-order valence-electron chi connectivity index (χ2n) is 5.60. The van der Waals surface area contributed by atoms with E-state index in [-0.39, 0.29) is 17.7 Å². The highest BCUT2D eigenvalue weighted by molar-refractivity contribution is 8.00. The summed E-state index contributed by atoms with van der Waals surface area (Å²) in [7, 11) is 0. The maximum absolute atomic E-state index is 12.2. The van der Waals surface area contributed by atoms with Gasteiger partial charge in [-0.1, -0.05) is 17.8 Å². The molecule has 0 fully saturated rings. The summed E-state index contributed by atoms with van der Waals surface area (Å²) in [4.78, 5) is 20.7. The van der Waals surface area contributed by atoms with Crippen LogP contribution in [0.15, 0.2) is 29.6 Å². The topological polar surface area (TPSA) is 78.7 Å². The number of hydrogen-bond acceptors (Lipinski definition) is 5. The number of nitriles is 1. The number of pyridine rings is 2. The van der Waals surface area contributed by atoms with Gasteiger partial charge in [-0.3, -0.25) is 9.78 Å². The summed E-state index contributed by atoms with van der Waals surface area (Å²) in [5, 5.41) is 12.9. The average molecular weight is 340 g/mol. The standard InChI is InChI=1S/C18H20N4OS/c1-11-12(2)16(8-19)18(22-13(11)3)24-10-17(23)21-14(4)15-6-5-7-20-9-15/h5-7,9,14H,10H2,1-4H3,(H,21,23). The summed E-state index contributed by atoms with van der Waals surface area (Å²) >= 11 is 1.29. The van der Waals surface area contributed by atoms with Gasteiger partial charge in [0.05, 0.1) is 17.4 Å². The summed E-state index contributed by atoms with van der Waals surface area (Å²) in [5.41, 5.74) is 4.34. The van der Waals surface area contributed by atoms with Gasteiger partial charge in [-0.25, -0.2) is 4.98 Å². The van der Waals surface area contributed by atoms with E-state index in [0.717, 1.165) is 22.4 Å². The molecular weight excluding hydrogens is 320 g/mol. The molecule has 0 saturated carbocycles. The molecule has 1 amide bonds. The van der Waals surface area contributed by atoms with Crippen LogP contribution in [0, 0.1) is 32.1 Å². The molecule has 2 aromatic rings. The van der Waals surface area contributed by atoms with Crippen LogP contribution in [0.1, 0.15) is 40.9 Å². The first-order valence-corrected chi connectivity index (χ1v) is 8.62. The first-order valence-electron chi connectivity index (χ1n) is 7.64. The maximum atomic E-state index is 12.2. The maximum Gasteiger partial charge on any atom is 0.230 e. The van der Waals surface area contributed by atoms with E-state index in [1.807, 2.05) is 39.8 Å². The van der Waals surface area contributed by atoms with E-state index in [1.165, 1.54) is 11.8 Å². The molecular formula is C18H20N4OS. The number of carbonyl (C=O) groups is 1. The monoisotopic (exact) mass is 340 g/mol. The molecule has 5 nitrogen and oxygen atoms in total. The van der Waals surface area contributed by atoms with Gasteiger partial charge in [0.25, 0.3) is 0 Å². The summed E-state index contributed by atoms with van der Waals surface area (Å²) in [6, 6.07) is 5.85. The highest BCUT2D eigenvalue weighted by atomic mass is 32.2. The molecule has 24 heavy (non-hydrogen) atoms. The predicted molar refractivity (Wildman–Crippen MR) is 94.7 cm³/mol. The largest absolute Gasteiger partial charge is 0.349 e. The Hall–Kier alpha value is -2.39. The molecule has 1 unspecified atom stereocenters. The molecule has 2 rings (SSSR count). The predicted octanol–water partition coefficient (Wildman–Crippen LogP) is 3.24. The number of thioether (sulfide) groups is 1. The van der Waals surface area contributed by atoms with E-state index in [9.17, 15) is 10.1 Å². The number of nitrogens with one attached hydrogen (secondary N) is 1. The van der Waals surface area contributed by atoms with Gasteiger partial charge < -0.3 is 5.32 Å². The number of hydrogen-bond donors (Lipinski definition) is 1. The van der Waals surface area contributed by atoms with E-state index in [4.69, 9.17) is 0 Å². The van der Waals surface area contributed by atoms with E-state index in [1.54, 1.807) is 12.4 Å². The SMILES string of the molecule is Cc1nc(SCC(=O)NC(C)c2cccnc2)c(C#N)c(C)c1C. The lowest BCUT2D eigenvalue weighted by atomic mass is 10.1. The van der Waals surface area contributed by atoms with Crippen molar-refractivity contribution in [3.8, 4) is 6.07 Å². The summed E-state index contributed by atoms with van der Waals surface area (Å²) in [6.07, 6.45) is 3.44. The van der Waals surface area contributed by atoms with Crippen molar-refractivity contribution in [1.82, 2.24) is 15.3 Å². The van der Waals surface area contributed by atoms with Crippen molar-refractivity contribution < 1.29 is 4.79 Å². The summed E-state index contributed by atoms with van der Waals surface area (Å²) < 4.78 is 0. The van der Waals surface area contributed by atoms with Crippen molar-refractivity contribution in [1.29, 1.82) is 5.26 Å². The van der Waals surface area contributed by atoms with E-state index >= 15 is 0 Å². The van der Waals surface area contributed by atoms with E-state index in [0.29, 0.717) is 10.6 Å². The lowest BCUT2D eigenvalue weighted by Crippen LogP contribution is -2.28. The molecule has 0 spiro atoms. The molecule has 0 aromatic carbocycles. The lowest BCUT2D eigenvalue weighted by Gasteiger charge is -2.14. The third-order valence-electron chi connectivity index (χ3n) is 3.98. The number of rotatable bonds is 5. The van der Waals surface area contributed by atoms with Crippen LogP contribution in [-0.2, 0) is 4.79 Å². The normalized spacial score (nSPS) is 11.6.